The molecule has 2 N–H and O–H groups in total. The molecule has 0 saturated carbocycles. The Morgan fingerprint density at radius 1 is 1.40 bits per heavy atom. The number of benzene rings is 1. The Morgan fingerprint density at radius 2 is 2.30 bits per heavy atom. The fraction of sp³-hybridized carbons (Fsp3) is 0.533. The number of likely N-dealkylation sites (N-methyl/N-ethyl adjacent to an activating group) is 1. The highest BCUT2D eigenvalue weighted by atomic mass is 32.2. The zero-order valence-corrected chi connectivity index (χ0v) is 12.6. The van der Waals surface area contributed by atoms with Crippen LogP contribution in [-0.2, 0) is 4.79 Å². The summed E-state index contributed by atoms with van der Waals surface area (Å²) in [5.74, 6) is 2.50. The summed E-state index contributed by atoms with van der Waals surface area (Å²) >= 11 is 2.03. The molecule has 108 valence electrons. The quantitative estimate of drug-likeness (QED) is 0.896. The lowest BCUT2D eigenvalue weighted by Crippen LogP contribution is -2.27. The highest BCUT2D eigenvalue weighted by Crippen LogP contribution is 2.34. The molecule has 1 fully saturated rings. The summed E-state index contributed by atoms with van der Waals surface area (Å²) in [6, 6.07) is 6.18. The van der Waals surface area contributed by atoms with Crippen molar-refractivity contribution in [2.45, 2.75) is 19.4 Å². The van der Waals surface area contributed by atoms with E-state index in [1.54, 1.807) is 0 Å². The summed E-state index contributed by atoms with van der Waals surface area (Å²) in [5.41, 5.74) is 3.27. The van der Waals surface area contributed by atoms with Gasteiger partial charge in [-0.25, -0.2) is 0 Å². The van der Waals surface area contributed by atoms with Gasteiger partial charge in [-0.3, -0.25) is 4.79 Å². The number of amides is 1. The van der Waals surface area contributed by atoms with Crippen molar-refractivity contribution in [2.75, 3.05) is 41.4 Å². The van der Waals surface area contributed by atoms with Crippen molar-refractivity contribution in [2.24, 2.45) is 0 Å². The van der Waals surface area contributed by atoms with E-state index in [0.717, 1.165) is 30.9 Å². The second-order valence-corrected chi connectivity index (χ2v) is 6.43. The molecule has 0 bridgehead atoms. The molecular weight excluding hydrogens is 270 g/mol. The van der Waals surface area contributed by atoms with Crippen molar-refractivity contribution in [3.63, 3.8) is 0 Å². The molecule has 1 saturated heterocycles. The third-order valence-electron chi connectivity index (χ3n) is 3.86. The van der Waals surface area contributed by atoms with Gasteiger partial charge >= 0.3 is 0 Å². The standard InChI is InChI=1S/C15H21N3OS/c1-2-16-14-12-5-4-11(10-13(12)17-15(14)19)18-6-3-8-20-9-7-18/h4-5,10,14,16H,2-3,6-9H2,1H3,(H,17,19). The van der Waals surface area contributed by atoms with Crippen LogP contribution in [0.2, 0.25) is 0 Å². The Bertz CT molecular complexity index is 498. The molecule has 20 heavy (non-hydrogen) atoms. The molecule has 1 unspecified atom stereocenters. The predicted octanol–water partition coefficient (Wildman–Crippen LogP) is 2.23. The number of fused-ring (bicyclic) bond motifs is 1. The van der Waals surface area contributed by atoms with Crippen LogP contribution in [0.3, 0.4) is 0 Å². The van der Waals surface area contributed by atoms with E-state index in [4.69, 9.17) is 0 Å². The van der Waals surface area contributed by atoms with Crippen LogP contribution in [0.15, 0.2) is 18.2 Å². The molecule has 0 radical (unpaired) electrons. The minimum absolute atomic E-state index is 0.0606. The first-order valence-electron chi connectivity index (χ1n) is 7.30. The number of carbonyl (C=O) groups excluding carboxylic acids is 1. The fourth-order valence-electron chi connectivity index (χ4n) is 2.86. The van der Waals surface area contributed by atoms with Gasteiger partial charge < -0.3 is 15.5 Å². The second kappa shape index (κ2) is 6.06. The van der Waals surface area contributed by atoms with Gasteiger partial charge in [-0.05, 0) is 30.9 Å². The van der Waals surface area contributed by atoms with Crippen molar-refractivity contribution in [3.05, 3.63) is 23.8 Å². The van der Waals surface area contributed by atoms with E-state index in [0.29, 0.717) is 0 Å². The fourth-order valence-corrected chi connectivity index (χ4v) is 3.74. The third-order valence-corrected chi connectivity index (χ3v) is 4.91. The van der Waals surface area contributed by atoms with Gasteiger partial charge in [-0.2, -0.15) is 11.8 Å². The number of anilines is 2. The maximum Gasteiger partial charge on any atom is 0.246 e. The average molecular weight is 291 g/mol. The van der Waals surface area contributed by atoms with Crippen molar-refractivity contribution in [3.8, 4) is 0 Å². The summed E-state index contributed by atoms with van der Waals surface area (Å²) in [6.07, 6.45) is 1.23. The van der Waals surface area contributed by atoms with Gasteiger partial charge in [0.2, 0.25) is 5.91 Å². The Labute approximate surface area is 124 Å². The van der Waals surface area contributed by atoms with Crippen molar-refractivity contribution in [1.29, 1.82) is 0 Å². The normalized spacial score (nSPS) is 22.4. The van der Waals surface area contributed by atoms with Crippen LogP contribution in [0, 0.1) is 0 Å². The van der Waals surface area contributed by atoms with E-state index in [1.807, 2.05) is 18.7 Å². The van der Waals surface area contributed by atoms with Gasteiger partial charge in [0.15, 0.2) is 0 Å². The van der Waals surface area contributed by atoms with Gasteiger partial charge in [0.05, 0.1) is 0 Å². The molecule has 0 spiro atoms. The number of hydrogen-bond donors (Lipinski definition) is 2. The Hall–Kier alpha value is -1.20. The molecule has 0 aromatic heterocycles. The van der Waals surface area contributed by atoms with Crippen molar-refractivity contribution in [1.82, 2.24) is 5.32 Å². The van der Waals surface area contributed by atoms with Gasteiger partial charge in [-0.15, -0.1) is 0 Å². The maximum absolute atomic E-state index is 12.0. The largest absolute Gasteiger partial charge is 0.371 e. The van der Waals surface area contributed by atoms with Gasteiger partial charge in [-0.1, -0.05) is 13.0 Å². The second-order valence-electron chi connectivity index (χ2n) is 5.20. The average Bonchev–Trinajstić information content (AvgIpc) is 2.66. The first-order chi connectivity index (χ1) is 9.79. The molecule has 2 heterocycles. The van der Waals surface area contributed by atoms with E-state index in [2.05, 4.69) is 33.7 Å². The number of nitrogens with one attached hydrogen (secondary N) is 2. The number of nitrogens with zero attached hydrogens (tertiary/aromatic N) is 1. The molecule has 5 heteroatoms. The van der Waals surface area contributed by atoms with Gasteiger partial charge in [0, 0.05) is 35.8 Å². The SMILES string of the molecule is CCNC1C(=O)Nc2cc(N3CCCSCC3)ccc21. The Kier molecular flexibility index (Phi) is 4.17. The number of thioether (sulfide) groups is 1. The molecule has 1 aromatic carbocycles. The van der Waals surface area contributed by atoms with Crippen molar-refractivity contribution >= 4 is 29.0 Å². The molecule has 1 aromatic rings. The summed E-state index contributed by atoms with van der Waals surface area (Å²) in [7, 11) is 0. The lowest BCUT2D eigenvalue weighted by atomic mass is 10.1. The highest BCUT2D eigenvalue weighted by Gasteiger charge is 2.30. The van der Waals surface area contributed by atoms with E-state index in [-0.39, 0.29) is 11.9 Å². The highest BCUT2D eigenvalue weighted by molar-refractivity contribution is 7.99. The molecule has 3 rings (SSSR count). The zero-order valence-electron chi connectivity index (χ0n) is 11.8. The van der Waals surface area contributed by atoms with E-state index in [1.165, 1.54) is 23.6 Å². The Morgan fingerprint density at radius 3 is 3.15 bits per heavy atom. The van der Waals surface area contributed by atoms with Crippen LogP contribution in [-0.4, -0.2) is 37.0 Å². The number of carbonyl (C=O) groups is 1. The first-order valence-corrected chi connectivity index (χ1v) is 8.46. The molecule has 4 nitrogen and oxygen atoms in total. The lowest BCUT2D eigenvalue weighted by Gasteiger charge is -2.23. The topological polar surface area (TPSA) is 44.4 Å². The molecule has 2 aliphatic heterocycles. The molecule has 1 amide bonds. The Balaban J connectivity index is 1.83. The molecule has 2 aliphatic rings. The van der Waals surface area contributed by atoms with E-state index in [9.17, 15) is 4.79 Å². The summed E-state index contributed by atoms with van der Waals surface area (Å²) in [6.45, 7) is 5.02. The van der Waals surface area contributed by atoms with Crippen LogP contribution in [0.4, 0.5) is 11.4 Å². The monoisotopic (exact) mass is 291 g/mol. The zero-order chi connectivity index (χ0) is 13.9. The van der Waals surface area contributed by atoms with Crippen LogP contribution >= 0.6 is 11.8 Å². The van der Waals surface area contributed by atoms with Crippen LogP contribution in [0.5, 0.6) is 0 Å². The molecule has 1 atom stereocenters. The first kappa shape index (κ1) is 13.8. The van der Waals surface area contributed by atoms with Crippen LogP contribution < -0.4 is 15.5 Å². The summed E-state index contributed by atoms with van der Waals surface area (Å²) in [4.78, 5) is 14.4. The van der Waals surface area contributed by atoms with Crippen molar-refractivity contribution < 1.29 is 4.79 Å². The number of hydrogen-bond acceptors (Lipinski definition) is 4. The predicted molar refractivity (Wildman–Crippen MR) is 85.6 cm³/mol. The van der Waals surface area contributed by atoms with Crippen LogP contribution in [0.1, 0.15) is 24.9 Å². The van der Waals surface area contributed by atoms with Crippen LogP contribution in [0.25, 0.3) is 0 Å². The maximum atomic E-state index is 12.0. The van der Waals surface area contributed by atoms with Gasteiger partial charge in [0.1, 0.15) is 6.04 Å². The minimum Gasteiger partial charge on any atom is -0.371 e. The lowest BCUT2D eigenvalue weighted by molar-refractivity contribution is -0.117. The number of rotatable bonds is 3. The molecule has 0 aliphatic carbocycles. The summed E-state index contributed by atoms with van der Waals surface area (Å²) in [5, 5.41) is 6.22. The van der Waals surface area contributed by atoms with E-state index >= 15 is 0 Å². The van der Waals surface area contributed by atoms with Gasteiger partial charge in [0.25, 0.3) is 0 Å². The minimum atomic E-state index is -0.191. The smallest absolute Gasteiger partial charge is 0.246 e. The summed E-state index contributed by atoms with van der Waals surface area (Å²) < 4.78 is 0. The van der Waals surface area contributed by atoms with E-state index < -0.39 is 0 Å². The molecular formula is C15H21N3OS. The third kappa shape index (κ3) is 2.65.